The minimum atomic E-state index is -0.153. The molecule has 1 aliphatic heterocycles. The number of hydrogen-bond acceptors (Lipinski definition) is 3. The molecular formula is C25H34N4O2. The maximum Gasteiger partial charge on any atom is 0.227 e. The second-order valence-corrected chi connectivity index (χ2v) is 9.10. The number of benzene rings is 1. The van der Waals surface area contributed by atoms with Gasteiger partial charge in [0.1, 0.15) is 0 Å². The zero-order chi connectivity index (χ0) is 21.6. The van der Waals surface area contributed by atoms with E-state index in [4.69, 9.17) is 0 Å². The molecule has 1 saturated heterocycles. The van der Waals surface area contributed by atoms with Gasteiger partial charge in [-0.25, -0.2) is 0 Å². The Kier molecular flexibility index (Phi) is 7.05. The molecule has 1 N–H and O–H groups in total. The van der Waals surface area contributed by atoms with E-state index in [-0.39, 0.29) is 17.7 Å². The van der Waals surface area contributed by atoms with Crippen molar-refractivity contribution in [2.24, 2.45) is 5.92 Å². The summed E-state index contributed by atoms with van der Waals surface area (Å²) in [7, 11) is 1.88. The predicted molar refractivity (Wildman–Crippen MR) is 121 cm³/mol. The SMILES string of the molecule is CN(CCCCCc1cc(-c2ccccc2)n[nH]1)C(=O)C1CC(=O)N(C2CCCC2)C1. The molecule has 1 unspecified atom stereocenters. The Hall–Kier alpha value is -2.63. The number of carbonyl (C=O) groups is 2. The number of nitrogens with one attached hydrogen (secondary N) is 1. The summed E-state index contributed by atoms with van der Waals surface area (Å²) in [6, 6.07) is 12.7. The molecule has 1 aliphatic carbocycles. The summed E-state index contributed by atoms with van der Waals surface area (Å²) in [5.41, 5.74) is 3.26. The van der Waals surface area contributed by atoms with E-state index in [1.165, 1.54) is 12.8 Å². The van der Waals surface area contributed by atoms with Gasteiger partial charge in [-0.2, -0.15) is 5.10 Å². The third-order valence-electron chi connectivity index (χ3n) is 6.79. The number of amides is 2. The highest BCUT2D eigenvalue weighted by Crippen LogP contribution is 2.30. The van der Waals surface area contributed by atoms with Crippen molar-refractivity contribution in [3.05, 3.63) is 42.1 Å². The van der Waals surface area contributed by atoms with Crippen LogP contribution in [0.4, 0.5) is 0 Å². The number of likely N-dealkylation sites (tertiary alicyclic amines) is 1. The highest BCUT2D eigenvalue weighted by molar-refractivity contribution is 5.89. The molecule has 1 saturated carbocycles. The van der Waals surface area contributed by atoms with E-state index in [2.05, 4.69) is 28.4 Å². The van der Waals surface area contributed by atoms with Crippen molar-refractivity contribution in [2.75, 3.05) is 20.1 Å². The Labute approximate surface area is 185 Å². The second kappa shape index (κ2) is 10.1. The van der Waals surface area contributed by atoms with Gasteiger partial charge >= 0.3 is 0 Å². The molecule has 2 heterocycles. The fraction of sp³-hybridized carbons (Fsp3) is 0.560. The summed E-state index contributed by atoms with van der Waals surface area (Å²) in [6.45, 7) is 1.38. The zero-order valence-corrected chi connectivity index (χ0v) is 18.6. The third-order valence-corrected chi connectivity index (χ3v) is 6.79. The molecule has 2 fully saturated rings. The number of aromatic nitrogens is 2. The number of rotatable bonds is 9. The molecule has 1 atom stereocenters. The molecule has 2 amide bonds. The number of aryl methyl sites for hydroxylation is 1. The van der Waals surface area contributed by atoms with E-state index >= 15 is 0 Å². The van der Waals surface area contributed by atoms with Crippen LogP contribution in [0.2, 0.25) is 0 Å². The van der Waals surface area contributed by atoms with Crippen molar-refractivity contribution in [1.82, 2.24) is 20.0 Å². The van der Waals surface area contributed by atoms with Crippen molar-refractivity contribution >= 4 is 11.8 Å². The van der Waals surface area contributed by atoms with Crippen molar-refractivity contribution in [3.8, 4) is 11.3 Å². The van der Waals surface area contributed by atoms with Crippen LogP contribution in [-0.2, 0) is 16.0 Å². The minimum absolute atomic E-state index is 0.134. The van der Waals surface area contributed by atoms with Crippen molar-refractivity contribution in [1.29, 1.82) is 0 Å². The first-order valence-electron chi connectivity index (χ1n) is 11.8. The minimum Gasteiger partial charge on any atom is -0.345 e. The van der Waals surface area contributed by atoms with Gasteiger partial charge in [0.05, 0.1) is 11.6 Å². The second-order valence-electron chi connectivity index (χ2n) is 9.10. The van der Waals surface area contributed by atoms with Crippen LogP contribution >= 0.6 is 0 Å². The Morgan fingerprint density at radius 1 is 1.16 bits per heavy atom. The molecule has 1 aromatic heterocycles. The Morgan fingerprint density at radius 2 is 1.94 bits per heavy atom. The molecule has 0 radical (unpaired) electrons. The normalized spacial score (nSPS) is 19.3. The molecule has 0 spiro atoms. The number of unbranched alkanes of at least 4 members (excludes halogenated alkanes) is 2. The van der Waals surface area contributed by atoms with Gasteiger partial charge in [0.2, 0.25) is 11.8 Å². The van der Waals surface area contributed by atoms with Crippen LogP contribution in [-0.4, -0.2) is 58.0 Å². The van der Waals surface area contributed by atoms with Gasteiger partial charge in [0.25, 0.3) is 0 Å². The van der Waals surface area contributed by atoms with Gasteiger partial charge < -0.3 is 9.80 Å². The highest BCUT2D eigenvalue weighted by atomic mass is 16.2. The quantitative estimate of drug-likeness (QED) is 0.620. The van der Waals surface area contributed by atoms with E-state index < -0.39 is 0 Å². The third kappa shape index (κ3) is 5.35. The molecule has 2 aliphatic rings. The molecule has 166 valence electrons. The van der Waals surface area contributed by atoms with Gasteiger partial charge in [-0.1, -0.05) is 49.6 Å². The lowest BCUT2D eigenvalue weighted by atomic mass is 10.1. The van der Waals surface area contributed by atoms with Crippen LogP contribution in [0.15, 0.2) is 36.4 Å². The lowest BCUT2D eigenvalue weighted by molar-refractivity contribution is -0.134. The maximum absolute atomic E-state index is 12.8. The number of nitrogens with zero attached hydrogens (tertiary/aromatic N) is 3. The number of aromatic amines is 1. The molecular weight excluding hydrogens is 388 g/mol. The fourth-order valence-electron chi connectivity index (χ4n) is 4.98. The summed E-state index contributed by atoms with van der Waals surface area (Å²) in [4.78, 5) is 29.0. The molecule has 0 bridgehead atoms. The average molecular weight is 423 g/mol. The monoisotopic (exact) mass is 422 g/mol. The zero-order valence-electron chi connectivity index (χ0n) is 18.6. The smallest absolute Gasteiger partial charge is 0.227 e. The van der Waals surface area contributed by atoms with Crippen LogP contribution in [0.3, 0.4) is 0 Å². The fourth-order valence-corrected chi connectivity index (χ4v) is 4.98. The average Bonchev–Trinajstić information content (AvgIpc) is 3.54. The number of carbonyl (C=O) groups excluding carboxylic acids is 2. The van der Waals surface area contributed by atoms with Gasteiger partial charge in [-0.05, 0) is 38.2 Å². The van der Waals surface area contributed by atoms with Gasteiger partial charge in [-0.3, -0.25) is 14.7 Å². The molecule has 6 heteroatoms. The summed E-state index contributed by atoms with van der Waals surface area (Å²) in [5, 5.41) is 7.55. The molecule has 1 aromatic carbocycles. The first-order chi connectivity index (χ1) is 15.1. The summed E-state index contributed by atoms with van der Waals surface area (Å²) in [5.74, 6) is 0.155. The summed E-state index contributed by atoms with van der Waals surface area (Å²) >= 11 is 0. The van der Waals surface area contributed by atoms with Gasteiger partial charge in [0, 0.05) is 43.9 Å². The van der Waals surface area contributed by atoms with E-state index in [1.54, 1.807) is 0 Å². The molecule has 4 rings (SSSR count). The predicted octanol–water partition coefficient (Wildman–Crippen LogP) is 4.04. The molecule has 31 heavy (non-hydrogen) atoms. The van der Waals surface area contributed by atoms with Crippen molar-refractivity contribution in [3.63, 3.8) is 0 Å². The van der Waals surface area contributed by atoms with Crippen LogP contribution < -0.4 is 0 Å². The van der Waals surface area contributed by atoms with Crippen LogP contribution in [0.25, 0.3) is 11.3 Å². The standard InChI is InChI=1S/C25H34N4O2/c1-28(25(31)20-16-24(30)29(18-20)22-13-7-8-14-22)15-9-3-6-12-21-17-23(27-26-21)19-10-4-2-5-11-19/h2,4-5,10-11,17,20,22H,3,6-9,12-16,18H2,1H3,(H,26,27). The van der Waals surface area contributed by atoms with Crippen LogP contribution in [0, 0.1) is 5.92 Å². The van der Waals surface area contributed by atoms with Crippen LogP contribution in [0.5, 0.6) is 0 Å². The van der Waals surface area contributed by atoms with E-state index in [1.807, 2.05) is 35.0 Å². The first kappa shape index (κ1) is 21.6. The van der Waals surface area contributed by atoms with E-state index in [9.17, 15) is 9.59 Å². The van der Waals surface area contributed by atoms with Crippen LogP contribution in [0.1, 0.15) is 57.1 Å². The highest BCUT2D eigenvalue weighted by Gasteiger charge is 2.39. The van der Waals surface area contributed by atoms with Crippen molar-refractivity contribution in [2.45, 2.75) is 63.8 Å². The summed E-state index contributed by atoms with van der Waals surface area (Å²) in [6.07, 6.45) is 9.09. The number of H-pyrrole nitrogens is 1. The van der Waals surface area contributed by atoms with Gasteiger partial charge in [0.15, 0.2) is 0 Å². The Balaban J connectivity index is 1.15. The molecule has 2 aromatic rings. The lowest BCUT2D eigenvalue weighted by Gasteiger charge is -2.25. The largest absolute Gasteiger partial charge is 0.345 e. The first-order valence-corrected chi connectivity index (χ1v) is 11.8. The lowest BCUT2D eigenvalue weighted by Crippen LogP contribution is -2.37. The van der Waals surface area contributed by atoms with Crippen molar-refractivity contribution < 1.29 is 9.59 Å². The molecule has 6 nitrogen and oxygen atoms in total. The Bertz CT molecular complexity index is 873. The summed E-state index contributed by atoms with van der Waals surface area (Å²) < 4.78 is 0. The van der Waals surface area contributed by atoms with Gasteiger partial charge in [-0.15, -0.1) is 0 Å². The topological polar surface area (TPSA) is 69.3 Å². The maximum atomic E-state index is 12.8. The Morgan fingerprint density at radius 3 is 2.71 bits per heavy atom. The number of hydrogen-bond donors (Lipinski definition) is 1. The van der Waals surface area contributed by atoms with E-state index in [0.717, 1.165) is 62.0 Å². The van der Waals surface area contributed by atoms with E-state index in [0.29, 0.717) is 19.0 Å².